The van der Waals surface area contributed by atoms with Crippen LogP contribution in [0.3, 0.4) is 0 Å². The molecule has 0 atom stereocenters. The quantitative estimate of drug-likeness (QED) is 0.745. The van der Waals surface area contributed by atoms with Gasteiger partial charge in [0.2, 0.25) is 0 Å². The van der Waals surface area contributed by atoms with Gasteiger partial charge in [-0.25, -0.2) is 0 Å². The summed E-state index contributed by atoms with van der Waals surface area (Å²) < 4.78 is 2.12. The minimum Gasteiger partial charge on any atom is -0.318 e. The molecule has 0 radical (unpaired) electrons. The van der Waals surface area contributed by atoms with E-state index in [2.05, 4.69) is 35.8 Å². The van der Waals surface area contributed by atoms with Crippen LogP contribution in [0.1, 0.15) is 40.7 Å². The third-order valence-corrected chi connectivity index (χ3v) is 3.33. The van der Waals surface area contributed by atoms with Crippen molar-refractivity contribution in [3.8, 4) is 5.69 Å². The summed E-state index contributed by atoms with van der Waals surface area (Å²) in [5.41, 5.74) is 5.35. The number of aldehydes is 1. The van der Waals surface area contributed by atoms with Gasteiger partial charge >= 0.3 is 0 Å². The lowest BCUT2D eigenvalue weighted by atomic mass is 10.1. The van der Waals surface area contributed by atoms with E-state index in [1.54, 1.807) is 0 Å². The number of hydrogen-bond acceptors (Lipinski definition) is 1. The SMILES string of the molecule is CCCc1ccc(-n2c(C)cc(C=O)c2C)cc1. The largest absolute Gasteiger partial charge is 0.318 e. The first-order valence-electron chi connectivity index (χ1n) is 6.40. The Hall–Kier alpha value is -1.83. The lowest BCUT2D eigenvalue weighted by Gasteiger charge is -2.10. The average Bonchev–Trinajstić information content (AvgIpc) is 2.66. The summed E-state index contributed by atoms with van der Waals surface area (Å²) in [6.07, 6.45) is 3.20. The second-order valence-electron chi connectivity index (χ2n) is 4.70. The fourth-order valence-electron chi connectivity index (χ4n) is 2.40. The number of aromatic nitrogens is 1. The van der Waals surface area contributed by atoms with Gasteiger partial charge in [-0.05, 0) is 44.0 Å². The lowest BCUT2D eigenvalue weighted by Crippen LogP contribution is -1.99. The van der Waals surface area contributed by atoms with Gasteiger partial charge in [0, 0.05) is 22.6 Å². The van der Waals surface area contributed by atoms with Gasteiger partial charge in [-0.2, -0.15) is 0 Å². The molecule has 0 saturated carbocycles. The van der Waals surface area contributed by atoms with E-state index in [1.807, 2.05) is 19.9 Å². The Morgan fingerprint density at radius 3 is 2.33 bits per heavy atom. The highest BCUT2D eigenvalue weighted by Crippen LogP contribution is 2.20. The monoisotopic (exact) mass is 241 g/mol. The van der Waals surface area contributed by atoms with E-state index < -0.39 is 0 Å². The van der Waals surface area contributed by atoms with Crippen molar-refractivity contribution in [1.82, 2.24) is 4.57 Å². The molecule has 0 aliphatic rings. The second-order valence-corrected chi connectivity index (χ2v) is 4.70. The van der Waals surface area contributed by atoms with Crippen molar-refractivity contribution < 1.29 is 4.79 Å². The summed E-state index contributed by atoms with van der Waals surface area (Å²) >= 11 is 0. The first-order valence-corrected chi connectivity index (χ1v) is 6.40. The number of carbonyl (C=O) groups is 1. The van der Waals surface area contributed by atoms with Crippen molar-refractivity contribution in [2.45, 2.75) is 33.6 Å². The van der Waals surface area contributed by atoms with Crippen LogP contribution in [-0.2, 0) is 6.42 Å². The van der Waals surface area contributed by atoms with Crippen molar-refractivity contribution in [1.29, 1.82) is 0 Å². The van der Waals surface area contributed by atoms with Crippen LogP contribution in [0.25, 0.3) is 5.69 Å². The fraction of sp³-hybridized carbons (Fsp3) is 0.312. The van der Waals surface area contributed by atoms with E-state index in [1.165, 1.54) is 5.56 Å². The van der Waals surface area contributed by atoms with Crippen LogP contribution in [0.5, 0.6) is 0 Å². The Labute approximate surface area is 108 Å². The average molecular weight is 241 g/mol. The van der Waals surface area contributed by atoms with Crippen molar-refractivity contribution >= 4 is 6.29 Å². The number of benzene rings is 1. The van der Waals surface area contributed by atoms with Gasteiger partial charge in [0.1, 0.15) is 0 Å². The molecule has 18 heavy (non-hydrogen) atoms. The van der Waals surface area contributed by atoms with E-state index in [4.69, 9.17) is 0 Å². The summed E-state index contributed by atoms with van der Waals surface area (Å²) in [5.74, 6) is 0. The van der Waals surface area contributed by atoms with Crippen LogP contribution < -0.4 is 0 Å². The standard InChI is InChI=1S/C16H19NO/c1-4-5-14-6-8-16(9-7-14)17-12(2)10-15(11-18)13(17)3/h6-11H,4-5H2,1-3H3. The third kappa shape index (κ3) is 2.23. The molecule has 2 nitrogen and oxygen atoms in total. The van der Waals surface area contributed by atoms with E-state index >= 15 is 0 Å². The van der Waals surface area contributed by atoms with Crippen LogP contribution in [0.15, 0.2) is 30.3 Å². The summed E-state index contributed by atoms with van der Waals surface area (Å²) in [6.45, 7) is 6.20. The zero-order valence-corrected chi connectivity index (χ0v) is 11.2. The molecule has 0 bridgehead atoms. The second kappa shape index (κ2) is 5.21. The molecule has 1 heterocycles. The van der Waals surface area contributed by atoms with Gasteiger partial charge in [0.15, 0.2) is 6.29 Å². The molecule has 0 unspecified atom stereocenters. The van der Waals surface area contributed by atoms with E-state index in [9.17, 15) is 4.79 Å². The predicted molar refractivity (Wildman–Crippen MR) is 74.6 cm³/mol. The first-order chi connectivity index (χ1) is 8.67. The number of carbonyl (C=O) groups excluding carboxylic acids is 1. The number of rotatable bonds is 4. The maximum atomic E-state index is 11.0. The minimum absolute atomic E-state index is 0.769. The van der Waals surface area contributed by atoms with E-state index in [0.717, 1.165) is 41.8 Å². The molecule has 0 aliphatic carbocycles. The Morgan fingerprint density at radius 2 is 1.83 bits per heavy atom. The number of aryl methyl sites for hydroxylation is 2. The molecule has 0 spiro atoms. The molecule has 0 aliphatic heterocycles. The van der Waals surface area contributed by atoms with Crippen molar-refractivity contribution in [3.63, 3.8) is 0 Å². The van der Waals surface area contributed by atoms with Crippen LogP contribution in [0.2, 0.25) is 0 Å². The topological polar surface area (TPSA) is 22.0 Å². The van der Waals surface area contributed by atoms with Gasteiger partial charge in [-0.1, -0.05) is 25.5 Å². The van der Waals surface area contributed by atoms with E-state index in [-0.39, 0.29) is 0 Å². The zero-order chi connectivity index (χ0) is 13.1. The molecule has 2 rings (SSSR count). The molecule has 1 aromatic carbocycles. The Balaban J connectivity index is 2.42. The molecule has 0 saturated heterocycles. The van der Waals surface area contributed by atoms with Crippen LogP contribution in [0.4, 0.5) is 0 Å². The van der Waals surface area contributed by atoms with Crippen molar-refractivity contribution in [3.05, 3.63) is 52.8 Å². The molecular weight excluding hydrogens is 222 g/mol. The van der Waals surface area contributed by atoms with Crippen LogP contribution >= 0.6 is 0 Å². The van der Waals surface area contributed by atoms with Gasteiger partial charge in [0.25, 0.3) is 0 Å². The van der Waals surface area contributed by atoms with Crippen LogP contribution in [-0.4, -0.2) is 10.9 Å². The number of hydrogen-bond donors (Lipinski definition) is 0. The molecular formula is C16H19NO. The zero-order valence-electron chi connectivity index (χ0n) is 11.2. The third-order valence-electron chi connectivity index (χ3n) is 3.33. The van der Waals surface area contributed by atoms with Gasteiger partial charge in [-0.3, -0.25) is 4.79 Å². The highest BCUT2D eigenvalue weighted by Gasteiger charge is 2.09. The summed E-state index contributed by atoms with van der Waals surface area (Å²) in [5, 5.41) is 0. The highest BCUT2D eigenvalue weighted by molar-refractivity contribution is 5.77. The minimum atomic E-state index is 0.769. The smallest absolute Gasteiger partial charge is 0.151 e. The summed E-state index contributed by atoms with van der Waals surface area (Å²) in [4.78, 5) is 11.0. The predicted octanol–water partition coefficient (Wildman–Crippen LogP) is 3.86. The molecule has 0 amide bonds. The molecule has 0 N–H and O–H groups in total. The van der Waals surface area contributed by atoms with Gasteiger partial charge in [0.05, 0.1) is 0 Å². The molecule has 94 valence electrons. The summed E-state index contributed by atoms with van der Waals surface area (Å²) in [6, 6.07) is 10.5. The van der Waals surface area contributed by atoms with Crippen molar-refractivity contribution in [2.75, 3.05) is 0 Å². The Morgan fingerprint density at radius 1 is 1.17 bits per heavy atom. The van der Waals surface area contributed by atoms with Gasteiger partial charge < -0.3 is 4.57 Å². The van der Waals surface area contributed by atoms with Crippen LogP contribution in [0, 0.1) is 13.8 Å². The van der Waals surface area contributed by atoms with Crippen molar-refractivity contribution in [2.24, 2.45) is 0 Å². The molecule has 0 fully saturated rings. The Kier molecular flexibility index (Phi) is 3.66. The molecule has 2 aromatic rings. The first kappa shape index (κ1) is 12.6. The van der Waals surface area contributed by atoms with E-state index in [0.29, 0.717) is 0 Å². The molecule has 1 aromatic heterocycles. The fourth-order valence-corrected chi connectivity index (χ4v) is 2.40. The highest BCUT2D eigenvalue weighted by atomic mass is 16.1. The normalized spacial score (nSPS) is 10.6. The Bertz CT molecular complexity index is 549. The maximum absolute atomic E-state index is 11.0. The summed E-state index contributed by atoms with van der Waals surface area (Å²) in [7, 11) is 0. The lowest BCUT2D eigenvalue weighted by molar-refractivity contribution is 0.112. The van der Waals surface area contributed by atoms with Gasteiger partial charge in [-0.15, -0.1) is 0 Å². The molecule has 2 heteroatoms. The number of nitrogens with zero attached hydrogens (tertiary/aromatic N) is 1. The maximum Gasteiger partial charge on any atom is 0.151 e.